The third kappa shape index (κ3) is 5.01. The minimum absolute atomic E-state index is 0. The number of hydrogen-bond donors (Lipinski definition) is 1. The van der Waals surface area contributed by atoms with E-state index in [4.69, 9.17) is 11.6 Å². The van der Waals surface area contributed by atoms with Gasteiger partial charge in [0.1, 0.15) is 4.21 Å². The zero-order valence-electron chi connectivity index (χ0n) is 16.5. The number of halogens is 2. The Morgan fingerprint density at radius 1 is 1.27 bits per heavy atom. The van der Waals surface area contributed by atoms with Crippen LogP contribution in [0.25, 0.3) is 0 Å². The third-order valence-electron chi connectivity index (χ3n) is 5.46. The molecule has 1 saturated heterocycles. The number of hydrogen-bond acceptors (Lipinski definition) is 7. The molecule has 2 aliphatic rings. The van der Waals surface area contributed by atoms with E-state index in [2.05, 4.69) is 22.1 Å². The van der Waals surface area contributed by atoms with Crippen LogP contribution in [0.5, 0.6) is 0 Å². The number of rotatable bonds is 5. The first-order valence-corrected chi connectivity index (χ1v) is 13.1. The molecule has 0 radical (unpaired) electrons. The van der Waals surface area contributed by atoms with E-state index in [0.717, 1.165) is 43.1 Å². The van der Waals surface area contributed by atoms with Crippen molar-refractivity contribution in [1.82, 2.24) is 14.2 Å². The summed E-state index contributed by atoms with van der Waals surface area (Å²) in [4.78, 5) is 20.9. The molecule has 0 bridgehead atoms. The van der Waals surface area contributed by atoms with Crippen LogP contribution in [-0.4, -0.2) is 54.7 Å². The van der Waals surface area contributed by atoms with Crippen molar-refractivity contribution in [2.45, 2.75) is 36.9 Å². The second kappa shape index (κ2) is 9.81. The van der Waals surface area contributed by atoms with Gasteiger partial charge >= 0.3 is 0 Å². The SMILES string of the molecule is CCN1CCc2nc(NC(=O)C3CCN(S(=O)(=O)c4ccc(Cl)s4)CC3)sc2C1.Cl. The Balaban J connectivity index is 0.00000256. The van der Waals surface area contributed by atoms with Crippen molar-refractivity contribution < 1.29 is 13.2 Å². The van der Waals surface area contributed by atoms with E-state index in [1.165, 1.54) is 15.2 Å². The highest BCUT2D eigenvalue weighted by atomic mass is 35.5. The molecule has 0 unspecified atom stereocenters. The normalized spacial score (nSPS) is 18.6. The van der Waals surface area contributed by atoms with E-state index >= 15 is 0 Å². The molecular formula is C18H24Cl2N4O3S3. The van der Waals surface area contributed by atoms with Gasteiger partial charge in [-0.15, -0.1) is 35.1 Å². The Morgan fingerprint density at radius 3 is 2.63 bits per heavy atom. The van der Waals surface area contributed by atoms with Crippen molar-refractivity contribution in [2.24, 2.45) is 5.92 Å². The minimum Gasteiger partial charge on any atom is -0.302 e. The van der Waals surface area contributed by atoms with E-state index in [9.17, 15) is 13.2 Å². The molecule has 166 valence electrons. The van der Waals surface area contributed by atoms with Crippen LogP contribution in [0.1, 0.15) is 30.3 Å². The third-order valence-corrected chi connectivity index (χ3v) is 10.1. The Bertz CT molecular complexity index is 1000. The van der Waals surface area contributed by atoms with Crippen molar-refractivity contribution in [3.8, 4) is 0 Å². The first-order valence-electron chi connectivity index (χ1n) is 9.64. The van der Waals surface area contributed by atoms with Crippen LogP contribution < -0.4 is 5.32 Å². The second-order valence-corrected chi connectivity index (χ2v) is 12.2. The number of amides is 1. The highest BCUT2D eigenvalue weighted by Gasteiger charge is 2.33. The molecule has 30 heavy (non-hydrogen) atoms. The summed E-state index contributed by atoms with van der Waals surface area (Å²) in [6.07, 6.45) is 1.91. The van der Waals surface area contributed by atoms with Crippen molar-refractivity contribution in [3.63, 3.8) is 0 Å². The van der Waals surface area contributed by atoms with Crippen molar-refractivity contribution in [1.29, 1.82) is 0 Å². The number of carbonyl (C=O) groups is 1. The van der Waals surface area contributed by atoms with Gasteiger partial charge in [-0.3, -0.25) is 9.69 Å². The molecule has 2 aromatic rings. The highest BCUT2D eigenvalue weighted by molar-refractivity contribution is 7.91. The number of nitrogens with zero attached hydrogens (tertiary/aromatic N) is 3. The average molecular weight is 512 g/mol. The van der Waals surface area contributed by atoms with Gasteiger partial charge in [0, 0.05) is 43.4 Å². The standard InChI is InChI=1S/C18H23ClN4O3S3.ClH/c1-2-22-8-7-13-14(11-22)27-18(20-13)21-17(24)12-5-9-23(10-6-12)29(25,26)16-4-3-15(19)28-16;/h3-4,12H,2,5-11H2,1H3,(H,20,21,24);1H. The summed E-state index contributed by atoms with van der Waals surface area (Å²) >= 11 is 8.48. The molecule has 0 spiro atoms. The van der Waals surface area contributed by atoms with E-state index in [0.29, 0.717) is 35.4 Å². The quantitative estimate of drug-likeness (QED) is 0.662. The van der Waals surface area contributed by atoms with Crippen LogP contribution in [0, 0.1) is 5.92 Å². The number of thiophene rings is 1. The second-order valence-electron chi connectivity index (χ2n) is 7.23. The number of fused-ring (bicyclic) bond motifs is 1. The van der Waals surface area contributed by atoms with Crippen molar-refractivity contribution in [3.05, 3.63) is 27.0 Å². The van der Waals surface area contributed by atoms with Gasteiger partial charge < -0.3 is 5.32 Å². The lowest BCUT2D eigenvalue weighted by molar-refractivity contribution is -0.120. The van der Waals surface area contributed by atoms with Crippen LogP contribution in [0.2, 0.25) is 4.34 Å². The first kappa shape index (κ1) is 23.9. The smallest absolute Gasteiger partial charge is 0.252 e. The summed E-state index contributed by atoms with van der Waals surface area (Å²) in [7, 11) is -3.54. The number of likely N-dealkylation sites (N-methyl/N-ethyl adjacent to an activating group) is 1. The Kier molecular flexibility index (Phi) is 7.81. The lowest BCUT2D eigenvalue weighted by Crippen LogP contribution is -2.41. The topological polar surface area (TPSA) is 82.6 Å². The van der Waals surface area contributed by atoms with Crippen LogP contribution in [0.15, 0.2) is 16.3 Å². The summed E-state index contributed by atoms with van der Waals surface area (Å²) in [5.41, 5.74) is 1.09. The maximum absolute atomic E-state index is 12.7. The summed E-state index contributed by atoms with van der Waals surface area (Å²) in [6.45, 7) is 5.71. The van der Waals surface area contributed by atoms with Crippen molar-refractivity contribution >= 4 is 67.7 Å². The molecule has 0 aliphatic carbocycles. The number of carbonyl (C=O) groups excluding carboxylic acids is 1. The molecule has 2 aromatic heterocycles. The fourth-order valence-electron chi connectivity index (χ4n) is 3.70. The van der Waals surface area contributed by atoms with Gasteiger partial charge in [-0.25, -0.2) is 13.4 Å². The van der Waals surface area contributed by atoms with Crippen LogP contribution in [-0.2, 0) is 27.8 Å². The predicted molar refractivity (Wildman–Crippen MR) is 123 cm³/mol. The maximum Gasteiger partial charge on any atom is 0.252 e. The number of sulfonamides is 1. The number of aromatic nitrogens is 1. The Morgan fingerprint density at radius 2 is 2.00 bits per heavy atom. The van der Waals surface area contributed by atoms with Gasteiger partial charge in [0.25, 0.3) is 10.0 Å². The fourth-order valence-corrected chi connectivity index (χ4v) is 7.86. The van der Waals surface area contributed by atoms with Crippen molar-refractivity contribution in [2.75, 3.05) is 31.5 Å². The summed E-state index contributed by atoms with van der Waals surface area (Å²) in [5, 5.41) is 3.61. The molecular weight excluding hydrogens is 487 g/mol. The summed E-state index contributed by atoms with van der Waals surface area (Å²) in [5.74, 6) is -0.277. The molecule has 4 heterocycles. The van der Waals surface area contributed by atoms with Gasteiger partial charge in [0.15, 0.2) is 5.13 Å². The van der Waals surface area contributed by atoms with E-state index in [1.807, 2.05) is 0 Å². The van der Waals surface area contributed by atoms with Gasteiger partial charge in [0.05, 0.1) is 10.0 Å². The van der Waals surface area contributed by atoms with E-state index in [-0.39, 0.29) is 28.4 Å². The Hall–Kier alpha value is -0.750. The monoisotopic (exact) mass is 510 g/mol. The lowest BCUT2D eigenvalue weighted by atomic mass is 9.97. The average Bonchev–Trinajstić information content (AvgIpc) is 3.33. The van der Waals surface area contributed by atoms with Crippen LogP contribution in [0.3, 0.4) is 0 Å². The highest BCUT2D eigenvalue weighted by Crippen LogP contribution is 2.32. The molecule has 0 aromatic carbocycles. The lowest BCUT2D eigenvalue weighted by Gasteiger charge is -2.29. The molecule has 1 amide bonds. The minimum atomic E-state index is -3.54. The van der Waals surface area contributed by atoms with E-state index < -0.39 is 10.0 Å². The molecule has 12 heteroatoms. The molecule has 1 N–H and O–H groups in total. The Labute approximate surface area is 195 Å². The molecule has 0 saturated carbocycles. The molecule has 4 rings (SSSR count). The molecule has 1 fully saturated rings. The number of piperidine rings is 1. The number of thiazole rings is 1. The molecule has 2 aliphatic heterocycles. The zero-order valence-corrected chi connectivity index (χ0v) is 20.5. The predicted octanol–water partition coefficient (Wildman–Crippen LogP) is 3.70. The van der Waals surface area contributed by atoms with Crippen LogP contribution in [0.4, 0.5) is 5.13 Å². The molecule has 0 atom stereocenters. The largest absolute Gasteiger partial charge is 0.302 e. The zero-order chi connectivity index (χ0) is 20.6. The maximum atomic E-state index is 12.7. The van der Waals surface area contributed by atoms with Gasteiger partial charge in [0.2, 0.25) is 5.91 Å². The fraction of sp³-hybridized carbons (Fsp3) is 0.556. The van der Waals surface area contributed by atoms with Gasteiger partial charge in [-0.2, -0.15) is 4.31 Å². The summed E-state index contributed by atoms with van der Waals surface area (Å²) in [6, 6.07) is 3.12. The molecule has 7 nitrogen and oxygen atoms in total. The summed E-state index contributed by atoms with van der Waals surface area (Å²) < 4.78 is 27.5. The van der Waals surface area contributed by atoms with Gasteiger partial charge in [-0.05, 0) is 31.5 Å². The van der Waals surface area contributed by atoms with E-state index in [1.54, 1.807) is 17.4 Å². The number of anilines is 1. The van der Waals surface area contributed by atoms with Crippen LogP contribution >= 0.6 is 46.7 Å². The first-order chi connectivity index (χ1) is 13.9. The number of nitrogens with one attached hydrogen (secondary N) is 1. The van der Waals surface area contributed by atoms with Gasteiger partial charge in [-0.1, -0.05) is 18.5 Å².